The van der Waals surface area contributed by atoms with Gasteiger partial charge >= 0.3 is 0 Å². The molecule has 4 atom stereocenters. The summed E-state index contributed by atoms with van der Waals surface area (Å²) in [6, 6.07) is 11.2. The standard InChI is InChI=1S/C22H35NO2/c1-4-10-21-19(5-2)15-20(17(3)24)22(23-21)13-9-14-25-16-18-11-7-6-8-12-18/h6-8,11-12,19-23H,4-5,9-10,13-16H2,1-3H3/t19-,20-,21-,22+/m1/s1. The average Bonchev–Trinajstić information content (AvgIpc) is 2.62. The molecule has 0 amide bonds. The van der Waals surface area contributed by atoms with Crippen molar-refractivity contribution >= 4 is 5.78 Å². The number of ether oxygens (including phenoxy) is 1. The van der Waals surface area contributed by atoms with Gasteiger partial charge < -0.3 is 10.1 Å². The van der Waals surface area contributed by atoms with E-state index in [4.69, 9.17) is 4.74 Å². The fourth-order valence-corrected chi connectivity index (χ4v) is 4.17. The van der Waals surface area contributed by atoms with E-state index in [-0.39, 0.29) is 5.92 Å². The zero-order chi connectivity index (χ0) is 18.1. The Kier molecular flexibility index (Phi) is 8.63. The molecule has 0 radical (unpaired) electrons. The van der Waals surface area contributed by atoms with Crippen LogP contribution in [0.25, 0.3) is 0 Å². The summed E-state index contributed by atoms with van der Waals surface area (Å²) in [7, 11) is 0. The van der Waals surface area contributed by atoms with Crippen molar-refractivity contribution in [2.45, 2.75) is 78.0 Å². The van der Waals surface area contributed by atoms with Gasteiger partial charge in [-0.15, -0.1) is 0 Å². The third-order valence-electron chi connectivity index (χ3n) is 5.60. The Labute approximate surface area is 153 Å². The zero-order valence-electron chi connectivity index (χ0n) is 16.2. The van der Waals surface area contributed by atoms with Crippen molar-refractivity contribution < 1.29 is 9.53 Å². The second kappa shape index (κ2) is 10.7. The summed E-state index contributed by atoms with van der Waals surface area (Å²) < 4.78 is 5.81. The smallest absolute Gasteiger partial charge is 0.134 e. The van der Waals surface area contributed by atoms with Crippen LogP contribution in [0.5, 0.6) is 0 Å². The van der Waals surface area contributed by atoms with Gasteiger partial charge in [0.2, 0.25) is 0 Å². The minimum Gasteiger partial charge on any atom is -0.377 e. The van der Waals surface area contributed by atoms with Crippen molar-refractivity contribution in [1.29, 1.82) is 0 Å². The van der Waals surface area contributed by atoms with Crippen LogP contribution in [0.2, 0.25) is 0 Å². The number of Topliss-reactive ketones (excluding diaryl/α,β-unsaturated/α-hetero) is 1. The topological polar surface area (TPSA) is 38.3 Å². The predicted molar refractivity (Wildman–Crippen MR) is 104 cm³/mol. The summed E-state index contributed by atoms with van der Waals surface area (Å²) in [6.07, 6.45) is 6.66. The molecule has 1 N–H and O–H groups in total. The molecule has 0 saturated carbocycles. The quantitative estimate of drug-likeness (QED) is 0.622. The normalized spacial score (nSPS) is 26.5. The maximum absolute atomic E-state index is 12.1. The van der Waals surface area contributed by atoms with Gasteiger partial charge in [-0.2, -0.15) is 0 Å². The highest BCUT2D eigenvalue weighted by molar-refractivity contribution is 5.79. The van der Waals surface area contributed by atoms with Gasteiger partial charge in [-0.1, -0.05) is 57.0 Å². The van der Waals surface area contributed by atoms with E-state index in [0.717, 1.165) is 32.3 Å². The van der Waals surface area contributed by atoms with Crippen molar-refractivity contribution in [3.63, 3.8) is 0 Å². The molecule has 0 aromatic heterocycles. The minimum absolute atomic E-state index is 0.173. The Morgan fingerprint density at radius 2 is 1.92 bits per heavy atom. The Hall–Kier alpha value is -1.19. The van der Waals surface area contributed by atoms with E-state index in [9.17, 15) is 4.79 Å². The number of carbonyl (C=O) groups excluding carboxylic acids is 1. The lowest BCUT2D eigenvalue weighted by atomic mass is 9.75. The number of piperidine rings is 1. The molecular weight excluding hydrogens is 310 g/mol. The maximum atomic E-state index is 12.1. The summed E-state index contributed by atoms with van der Waals surface area (Å²) in [5, 5.41) is 3.82. The molecule has 0 bridgehead atoms. The summed E-state index contributed by atoms with van der Waals surface area (Å²) in [5.74, 6) is 1.16. The van der Waals surface area contributed by atoms with Gasteiger partial charge in [0, 0.05) is 24.6 Å². The summed E-state index contributed by atoms with van der Waals surface area (Å²) in [4.78, 5) is 12.1. The molecule has 1 saturated heterocycles. The van der Waals surface area contributed by atoms with Gasteiger partial charge in [0.25, 0.3) is 0 Å². The van der Waals surface area contributed by atoms with Crippen molar-refractivity contribution in [3.05, 3.63) is 35.9 Å². The second-order valence-electron chi connectivity index (χ2n) is 7.47. The average molecular weight is 346 g/mol. The molecule has 1 aliphatic heterocycles. The highest BCUT2D eigenvalue weighted by atomic mass is 16.5. The lowest BCUT2D eigenvalue weighted by Crippen LogP contribution is -2.53. The first kappa shape index (κ1) is 20.1. The zero-order valence-corrected chi connectivity index (χ0v) is 16.2. The Bertz CT molecular complexity index is 502. The van der Waals surface area contributed by atoms with Crippen molar-refractivity contribution in [3.8, 4) is 0 Å². The highest BCUT2D eigenvalue weighted by Crippen LogP contribution is 2.32. The van der Waals surface area contributed by atoms with Crippen molar-refractivity contribution in [1.82, 2.24) is 5.32 Å². The third-order valence-corrected chi connectivity index (χ3v) is 5.60. The van der Waals surface area contributed by atoms with E-state index in [1.807, 2.05) is 18.2 Å². The fraction of sp³-hybridized carbons (Fsp3) is 0.682. The molecule has 0 aliphatic carbocycles. The Morgan fingerprint density at radius 3 is 2.56 bits per heavy atom. The SMILES string of the molecule is CCC[C@H]1N[C@@H](CCCOCc2ccccc2)[C@@H](C(C)=O)C[C@H]1CC. The van der Waals surface area contributed by atoms with Gasteiger partial charge in [-0.25, -0.2) is 0 Å². The summed E-state index contributed by atoms with van der Waals surface area (Å²) in [6.45, 7) is 7.69. The van der Waals surface area contributed by atoms with Crippen LogP contribution in [-0.2, 0) is 16.1 Å². The molecule has 1 aromatic carbocycles. The van der Waals surface area contributed by atoms with Gasteiger partial charge in [0.05, 0.1) is 6.61 Å². The van der Waals surface area contributed by atoms with E-state index in [1.54, 1.807) is 6.92 Å². The van der Waals surface area contributed by atoms with Crippen LogP contribution >= 0.6 is 0 Å². The number of hydrogen-bond donors (Lipinski definition) is 1. The molecule has 2 rings (SSSR count). The van der Waals surface area contributed by atoms with E-state index >= 15 is 0 Å². The van der Waals surface area contributed by atoms with Crippen LogP contribution in [0.15, 0.2) is 30.3 Å². The van der Waals surface area contributed by atoms with Crippen LogP contribution in [0.3, 0.4) is 0 Å². The van der Waals surface area contributed by atoms with E-state index in [0.29, 0.717) is 30.4 Å². The lowest BCUT2D eigenvalue weighted by Gasteiger charge is -2.42. The number of hydrogen-bond acceptors (Lipinski definition) is 3. The predicted octanol–water partition coefficient (Wildman–Crippen LogP) is 4.75. The number of ketones is 1. The molecule has 25 heavy (non-hydrogen) atoms. The fourth-order valence-electron chi connectivity index (χ4n) is 4.17. The molecule has 3 heteroatoms. The first-order chi connectivity index (χ1) is 12.2. The van der Waals surface area contributed by atoms with Crippen molar-refractivity contribution in [2.75, 3.05) is 6.61 Å². The summed E-state index contributed by atoms with van der Waals surface area (Å²) >= 11 is 0. The van der Waals surface area contributed by atoms with E-state index < -0.39 is 0 Å². The molecule has 0 unspecified atom stereocenters. The van der Waals surface area contributed by atoms with Crippen LogP contribution in [0.1, 0.15) is 64.9 Å². The first-order valence-corrected chi connectivity index (χ1v) is 10.0. The number of carbonyl (C=O) groups is 1. The Balaban J connectivity index is 1.79. The largest absolute Gasteiger partial charge is 0.377 e. The number of nitrogens with one attached hydrogen (secondary N) is 1. The molecule has 1 aliphatic rings. The van der Waals surface area contributed by atoms with Gasteiger partial charge in [0.15, 0.2) is 0 Å². The highest BCUT2D eigenvalue weighted by Gasteiger charge is 2.36. The van der Waals surface area contributed by atoms with Crippen LogP contribution in [0, 0.1) is 11.8 Å². The number of rotatable bonds is 10. The van der Waals surface area contributed by atoms with Crippen LogP contribution < -0.4 is 5.32 Å². The van der Waals surface area contributed by atoms with Crippen molar-refractivity contribution in [2.24, 2.45) is 11.8 Å². The Morgan fingerprint density at radius 1 is 1.16 bits per heavy atom. The molecule has 1 heterocycles. The first-order valence-electron chi connectivity index (χ1n) is 10.0. The lowest BCUT2D eigenvalue weighted by molar-refractivity contribution is -0.123. The van der Waals surface area contributed by atoms with Crippen LogP contribution in [0.4, 0.5) is 0 Å². The molecule has 1 aromatic rings. The minimum atomic E-state index is 0.173. The molecule has 1 fully saturated rings. The van der Waals surface area contributed by atoms with E-state index in [1.165, 1.54) is 18.4 Å². The molecule has 0 spiro atoms. The molecule has 140 valence electrons. The van der Waals surface area contributed by atoms with Crippen LogP contribution in [-0.4, -0.2) is 24.5 Å². The summed E-state index contributed by atoms with van der Waals surface area (Å²) in [5.41, 5.74) is 1.22. The van der Waals surface area contributed by atoms with Gasteiger partial charge in [-0.05, 0) is 44.1 Å². The second-order valence-corrected chi connectivity index (χ2v) is 7.47. The van der Waals surface area contributed by atoms with Gasteiger partial charge in [0.1, 0.15) is 5.78 Å². The van der Waals surface area contributed by atoms with E-state index in [2.05, 4.69) is 31.3 Å². The monoisotopic (exact) mass is 345 g/mol. The molecule has 3 nitrogen and oxygen atoms in total. The maximum Gasteiger partial charge on any atom is 0.134 e. The number of benzene rings is 1. The third kappa shape index (κ3) is 6.23. The molecular formula is C22H35NO2. The van der Waals surface area contributed by atoms with Gasteiger partial charge in [-0.3, -0.25) is 4.79 Å².